The highest BCUT2D eigenvalue weighted by Gasteiger charge is 2.10. The number of nitrogens with one attached hydrogen (secondary N) is 1. The molecule has 0 unspecified atom stereocenters. The minimum Gasteiger partial charge on any atom is -0.320 e. The van der Waals surface area contributed by atoms with Gasteiger partial charge in [-0.3, -0.25) is 9.78 Å². The minimum atomic E-state index is -0.134. The summed E-state index contributed by atoms with van der Waals surface area (Å²) in [5.74, 6) is 0.694. The van der Waals surface area contributed by atoms with Gasteiger partial charge < -0.3 is 9.55 Å². The molecule has 0 aromatic carbocycles. The maximum Gasteiger partial charge on any atom is 0.277 e. The van der Waals surface area contributed by atoms with Gasteiger partial charge in [-0.1, -0.05) is 6.92 Å². The standard InChI is InChI=1S/C14H15N5O/c1-2-3-11-17-13-12(14(20)18-11)19(9-16-13)8-10-4-6-15-7-5-10/h4-7,9H,2-3,8H2,1H3,(H,17,18,20). The first-order valence-corrected chi connectivity index (χ1v) is 6.61. The van der Waals surface area contributed by atoms with E-state index in [0.29, 0.717) is 23.5 Å². The van der Waals surface area contributed by atoms with E-state index in [1.54, 1.807) is 18.7 Å². The number of fused-ring (bicyclic) bond motifs is 1. The highest BCUT2D eigenvalue weighted by Crippen LogP contribution is 2.09. The number of rotatable bonds is 4. The van der Waals surface area contributed by atoms with Crippen molar-refractivity contribution < 1.29 is 0 Å². The van der Waals surface area contributed by atoms with E-state index in [1.165, 1.54) is 0 Å². The Labute approximate surface area is 115 Å². The van der Waals surface area contributed by atoms with Gasteiger partial charge in [-0.15, -0.1) is 0 Å². The Hall–Kier alpha value is -2.50. The molecule has 1 N–H and O–H groups in total. The van der Waals surface area contributed by atoms with E-state index >= 15 is 0 Å². The van der Waals surface area contributed by atoms with Crippen molar-refractivity contribution >= 4 is 11.2 Å². The van der Waals surface area contributed by atoms with E-state index in [1.807, 2.05) is 23.6 Å². The average Bonchev–Trinajstić information content (AvgIpc) is 2.84. The van der Waals surface area contributed by atoms with Crippen LogP contribution in [0.2, 0.25) is 0 Å². The Morgan fingerprint density at radius 2 is 2.10 bits per heavy atom. The summed E-state index contributed by atoms with van der Waals surface area (Å²) < 4.78 is 1.81. The lowest BCUT2D eigenvalue weighted by Gasteiger charge is -2.04. The summed E-state index contributed by atoms with van der Waals surface area (Å²) in [6, 6.07) is 3.83. The van der Waals surface area contributed by atoms with Crippen LogP contribution >= 0.6 is 0 Å². The van der Waals surface area contributed by atoms with E-state index < -0.39 is 0 Å². The molecule has 3 aromatic rings. The number of aryl methyl sites for hydroxylation is 1. The maximum absolute atomic E-state index is 12.2. The van der Waals surface area contributed by atoms with Crippen molar-refractivity contribution in [3.63, 3.8) is 0 Å². The van der Waals surface area contributed by atoms with Gasteiger partial charge in [0.1, 0.15) is 5.82 Å². The fourth-order valence-electron chi connectivity index (χ4n) is 2.19. The monoisotopic (exact) mass is 269 g/mol. The number of hydrogen-bond donors (Lipinski definition) is 1. The minimum absolute atomic E-state index is 0.134. The molecular weight excluding hydrogens is 254 g/mol. The van der Waals surface area contributed by atoms with Gasteiger partial charge in [0, 0.05) is 25.4 Å². The molecule has 0 spiro atoms. The summed E-state index contributed by atoms with van der Waals surface area (Å²) in [6.07, 6.45) is 6.81. The van der Waals surface area contributed by atoms with E-state index in [9.17, 15) is 4.79 Å². The van der Waals surface area contributed by atoms with Crippen LogP contribution in [0.25, 0.3) is 11.2 Å². The smallest absolute Gasteiger partial charge is 0.277 e. The Balaban J connectivity index is 2.03. The van der Waals surface area contributed by atoms with Gasteiger partial charge in [0.15, 0.2) is 11.2 Å². The molecule has 0 fully saturated rings. The van der Waals surface area contributed by atoms with Crippen molar-refractivity contribution in [2.45, 2.75) is 26.3 Å². The summed E-state index contributed by atoms with van der Waals surface area (Å²) in [7, 11) is 0. The third-order valence-electron chi connectivity index (χ3n) is 3.12. The fraction of sp³-hybridized carbons (Fsp3) is 0.286. The second kappa shape index (κ2) is 5.24. The third-order valence-corrected chi connectivity index (χ3v) is 3.12. The second-order valence-electron chi connectivity index (χ2n) is 4.66. The van der Waals surface area contributed by atoms with E-state index in [-0.39, 0.29) is 5.56 Å². The summed E-state index contributed by atoms with van der Waals surface area (Å²) in [4.78, 5) is 27.6. The van der Waals surface area contributed by atoms with Crippen LogP contribution in [0, 0.1) is 0 Å². The lowest BCUT2D eigenvalue weighted by Crippen LogP contribution is -2.15. The summed E-state index contributed by atoms with van der Waals surface area (Å²) in [5, 5.41) is 0. The number of hydrogen-bond acceptors (Lipinski definition) is 4. The topological polar surface area (TPSA) is 76.5 Å². The van der Waals surface area contributed by atoms with Crippen molar-refractivity contribution in [2.75, 3.05) is 0 Å². The molecule has 20 heavy (non-hydrogen) atoms. The van der Waals surface area contributed by atoms with Gasteiger partial charge >= 0.3 is 0 Å². The first-order valence-electron chi connectivity index (χ1n) is 6.61. The molecule has 6 heteroatoms. The molecule has 0 saturated carbocycles. The molecule has 0 amide bonds. The van der Waals surface area contributed by atoms with Crippen molar-refractivity contribution in [2.24, 2.45) is 0 Å². The number of aromatic amines is 1. The summed E-state index contributed by atoms with van der Waals surface area (Å²) >= 11 is 0. The maximum atomic E-state index is 12.2. The van der Waals surface area contributed by atoms with Crippen molar-refractivity contribution in [1.82, 2.24) is 24.5 Å². The van der Waals surface area contributed by atoms with Gasteiger partial charge in [-0.05, 0) is 24.1 Å². The van der Waals surface area contributed by atoms with Crippen molar-refractivity contribution in [1.29, 1.82) is 0 Å². The SMILES string of the molecule is CCCc1nc2ncn(Cc3ccncc3)c2c(=O)[nH]1. The Bertz CT molecular complexity index is 775. The van der Waals surface area contributed by atoms with Crippen LogP contribution in [0.4, 0.5) is 0 Å². The van der Waals surface area contributed by atoms with Crippen LogP contribution in [0.1, 0.15) is 24.7 Å². The van der Waals surface area contributed by atoms with Crippen LogP contribution in [0.5, 0.6) is 0 Å². The number of pyridine rings is 1. The van der Waals surface area contributed by atoms with Crippen LogP contribution < -0.4 is 5.56 Å². The third kappa shape index (κ3) is 2.32. The quantitative estimate of drug-likeness (QED) is 0.779. The molecule has 0 atom stereocenters. The molecule has 0 aliphatic carbocycles. The van der Waals surface area contributed by atoms with Crippen LogP contribution in [0.3, 0.4) is 0 Å². The van der Waals surface area contributed by atoms with E-state index in [2.05, 4.69) is 19.9 Å². The molecular formula is C14H15N5O. The summed E-state index contributed by atoms with van der Waals surface area (Å²) in [5.41, 5.74) is 1.95. The van der Waals surface area contributed by atoms with E-state index in [4.69, 9.17) is 0 Å². The molecule has 0 bridgehead atoms. The first-order chi connectivity index (χ1) is 9.78. The molecule has 102 valence electrons. The number of aromatic nitrogens is 5. The van der Waals surface area contributed by atoms with Crippen LogP contribution in [0.15, 0.2) is 35.6 Å². The Morgan fingerprint density at radius 3 is 2.85 bits per heavy atom. The van der Waals surface area contributed by atoms with Crippen LogP contribution in [-0.4, -0.2) is 24.5 Å². The molecule has 0 radical (unpaired) electrons. The molecule has 0 aliphatic heterocycles. The average molecular weight is 269 g/mol. The van der Waals surface area contributed by atoms with Gasteiger partial charge in [0.05, 0.1) is 6.33 Å². The second-order valence-corrected chi connectivity index (χ2v) is 4.66. The first kappa shape index (κ1) is 12.5. The fourth-order valence-corrected chi connectivity index (χ4v) is 2.19. The van der Waals surface area contributed by atoms with E-state index in [0.717, 1.165) is 18.4 Å². The predicted molar refractivity (Wildman–Crippen MR) is 75.5 cm³/mol. The number of imidazole rings is 1. The highest BCUT2D eigenvalue weighted by molar-refractivity contribution is 5.69. The lowest BCUT2D eigenvalue weighted by molar-refractivity contribution is 0.807. The summed E-state index contributed by atoms with van der Waals surface area (Å²) in [6.45, 7) is 2.63. The normalized spacial score (nSPS) is 11.1. The number of nitrogens with zero attached hydrogens (tertiary/aromatic N) is 4. The molecule has 0 saturated heterocycles. The van der Waals surface area contributed by atoms with Gasteiger partial charge in [0.2, 0.25) is 0 Å². The zero-order valence-electron chi connectivity index (χ0n) is 11.2. The molecule has 6 nitrogen and oxygen atoms in total. The molecule has 3 rings (SSSR count). The van der Waals surface area contributed by atoms with Crippen molar-refractivity contribution in [3.05, 3.63) is 52.6 Å². The Kier molecular flexibility index (Phi) is 3.28. The Morgan fingerprint density at radius 1 is 1.30 bits per heavy atom. The largest absolute Gasteiger partial charge is 0.320 e. The number of H-pyrrole nitrogens is 1. The molecule has 3 aromatic heterocycles. The zero-order chi connectivity index (χ0) is 13.9. The van der Waals surface area contributed by atoms with Gasteiger partial charge in [-0.2, -0.15) is 0 Å². The molecule has 0 aliphatic rings. The lowest BCUT2D eigenvalue weighted by atomic mass is 10.2. The van der Waals surface area contributed by atoms with Gasteiger partial charge in [-0.25, -0.2) is 9.97 Å². The highest BCUT2D eigenvalue weighted by atomic mass is 16.1. The van der Waals surface area contributed by atoms with Gasteiger partial charge in [0.25, 0.3) is 5.56 Å². The predicted octanol–water partition coefficient (Wildman–Crippen LogP) is 1.52. The zero-order valence-corrected chi connectivity index (χ0v) is 11.2. The molecule has 3 heterocycles. The van der Waals surface area contributed by atoms with Crippen LogP contribution in [-0.2, 0) is 13.0 Å². The van der Waals surface area contributed by atoms with Crippen molar-refractivity contribution in [3.8, 4) is 0 Å².